The van der Waals surface area contributed by atoms with E-state index in [1.54, 1.807) is 6.20 Å². The van der Waals surface area contributed by atoms with Crippen molar-refractivity contribution in [3.05, 3.63) is 36.0 Å². The molecule has 0 saturated carbocycles. The summed E-state index contributed by atoms with van der Waals surface area (Å²) in [6, 6.07) is 3.80. The van der Waals surface area contributed by atoms with Gasteiger partial charge in [-0.3, -0.25) is 0 Å². The Morgan fingerprint density at radius 2 is 2.21 bits per heavy atom. The number of aromatic nitrogens is 1. The summed E-state index contributed by atoms with van der Waals surface area (Å²) >= 11 is 4.84. The van der Waals surface area contributed by atoms with Gasteiger partial charge in [-0.2, -0.15) is 13.2 Å². The molecule has 0 aliphatic rings. The van der Waals surface area contributed by atoms with Gasteiger partial charge in [0, 0.05) is 23.7 Å². The summed E-state index contributed by atoms with van der Waals surface area (Å²) in [6.45, 7) is 2.58. The Morgan fingerprint density at radius 1 is 1.47 bits per heavy atom. The molecule has 1 N–H and O–H groups in total. The van der Waals surface area contributed by atoms with Gasteiger partial charge in [-0.15, -0.1) is 0 Å². The molecule has 1 aromatic rings. The first-order valence-corrected chi connectivity index (χ1v) is 6.23. The highest BCUT2D eigenvalue weighted by Gasteiger charge is 2.21. The van der Waals surface area contributed by atoms with Gasteiger partial charge in [0.25, 0.3) is 0 Å². The molecule has 0 spiro atoms. The lowest BCUT2D eigenvalue weighted by atomic mass is 10.2. The lowest BCUT2D eigenvalue weighted by molar-refractivity contribution is -0.0797. The van der Waals surface area contributed by atoms with E-state index in [-0.39, 0.29) is 6.08 Å². The Balaban J connectivity index is 2.24. The van der Waals surface area contributed by atoms with Gasteiger partial charge in [0.05, 0.1) is 0 Å². The fourth-order valence-corrected chi connectivity index (χ4v) is 1.60. The van der Waals surface area contributed by atoms with Crippen LogP contribution in [0.1, 0.15) is 18.4 Å². The SMILES string of the molecule is Cc1ccnc(NCCCC(=S)/C=C/C(F)(F)F)c1. The van der Waals surface area contributed by atoms with Crippen LogP contribution in [0.15, 0.2) is 30.5 Å². The van der Waals surface area contributed by atoms with Gasteiger partial charge in [-0.05, 0) is 43.5 Å². The van der Waals surface area contributed by atoms with Gasteiger partial charge >= 0.3 is 6.18 Å². The molecular weight excluding hydrogens is 273 g/mol. The van der Waals surface area contributed by atoms with Crippen molar-refractivity contribution in [2.45, 2.75) is 25.9 Å². The molecule has 0 unspecified atom stereocenters. The number of allylic oxidation sites excluding steroid dienone is 2. The van der Waals surface area contributed by atoms with E-state index in [0.717, 1.165) is 17.5 Å². The Morgan fingerprint density at radius 3 is 2.84 bits per heavy atom. The predicted octanol–water partition coefficient (Wildman–Crippen LogP) is 4.07. The zero-order chi connectivity index (χ0) is 14.3. The molecule has 2 nitrogen and oxygen atoms in total. The van der Waals surface area contributed by atoms with E-state index in [2.05, 4.69) is 10.3 Å². The number of rotatable bonds is 6. The molecule has 0 aliphatic heterocycles. The molecule has 1 aromatic heterocycles. The lowest BCUT2D eigenvalue weighted by Gasteiger charge is -2.05. The lowest BCUT2D eigenvalue weighted by Crippen LogP contribution is -2.06. The van der Waals surface area contributed by atoms with Gasteiger partial charge in [0.1, 0.15) is 5.82 Å². The Bertz CT molecular complexity index is 455. The Labute approximate surface area is 115 Å². The first-order chi connectivity index (χ1) is 8.87. The zero-order valence-corrected chi connectivity index (χ0v) is 11.3. The van der Waals surface area contributed by atoms with Crippen LogP contribution in [0.2, 0.25) is 0 Å². The van der Waals surface area contributed by atoms with Crippen LogP contribution in [-0.2, 0) is 0 Å². The molecule has 0 aliphatic carbocycles. The molecule has 0 aromatic carbocycles. The molecule has 0 atom stereocenters. The summed E-state index contributed by atoms with van der Waals surface area (Å²) in [5, 5.41) is 3.10. The quantitative estimate of drug-likeness (QED) is 0.485. The first-order valence-electron chi connectivity index (χ1n) is 5.82. The second-order valence-corrected chi connectivity index (χ2v) is 4.61. The van der Waals surface area contributed by atoms with Crippen LogP contribution in [0.5, 0.6) is 0 Å². The first kappa shape index (κ1) is 15.6. The van der Waals surface area contributed by atoms with Crippen molar-refractivity contribution in [3.8, 4) is 0 Å². The summed E-state index contributed by atoms with van der Waals surface area (Å²) in [5.74, 6) is 0.761. The van der Waals surface area contributed by atoms with Crippen molar-refractivity contribution in [1.82, 2.24) is 4.98 Å². The molecule has 1 heterocycles. The van der Waals surface area contributed by atoms with E-state index >= 15 is 0 Å². The van der Waals surface area contributed by atoms with Crippen LogP contribution in [0.3, 0.4) is 0 Å². The number of pyridine rings is 1. The molecular formula is C13H15F3N2S. The molecule has 0 saturated heterocycles. The number of nitrogens with zero attached hydrogens (tertiary/aromatic N) is 1. The van der Waals surface area contributed by atoms with Gasteiger partial charge < -0.3 is 5.32 Å². The molecule has 0 radical (unpaired) electrons. The van der Waals surface area contributed by atoms with E-state index in [1.165, 1.54) is 0 Å². The van der Waals surface area contributed by atoms with E-state index < -0.39 is 6.18 Å². The molecule has 0 fully saturated rings. The normalized spacial score (nSPS) is 11.8. The van der Waals surface area contributed by atoms with Crippen LogP contribution in [0, 0.1) is 6.92 Å². The number of hydrogen-bond donors (Lipinski definition) is 1. The Hall–Kier alpha value is -1.43. The van der Waals surface area contributed by atoms with Gasteiger partial charge in [0.15, 0.2) is 0 Å². The smallest absolute Gasteiger partial charge is 0.370 e. The van der Waals surface area contributed by atoms with E-state index in [9.17, 15) is 13.2 Å². The summed E-state index contributed by atoms with van der Waals surface area (Å²) in [7, 11) is 0. The third-order valence-electron chi connectivity index (χ3n) is 2.28. The molecule has 104 valence electrons. The Kier molecular flexibility index (Phi) is 5.95. The number of halogens is 3. The maximum Gasteiger partial charge on any atom is 0.409 e. The van der Waals surface area contributed by atoms with E-state index in [0.29, 0.717) is 24.3 Å². The average Bonchev–Trinajstić information content (AvgIpc) is 2.31. The number of alkyl halides is 3. The number of anilines is 1. The van der Waals surface area contributed by atoms with Gasteiger partial charge in [0.2, 0.25) is 0 Å². The molecule has 0 amide bonds. The monoisotopic (exact) mass is 288 g/mol. The number of aryl methyl sites for hydroxylation is 1. The van der Waals surface area contributed by atoms with E-state index in [1.807, 2.05) is 19.1 Å². The summed E-state index contributed by atoms with van der Waals surface area (Å²) in [6.07, 6.45) is -0.370. The number of nitrogens with one attached hydrogen (secondary N) is 1. The van der Waals surface area contributed by atoms with Crippen LogP contribution < -0.4 is 5.32 Å². The minimum absolute atomic E-state index is 0.172. The summed E-state index contributed by atoms with van der Waals surface area (Å²) in [5.41, 5.74) is 1.10. The molecule has 1 rings (SSSR count). The highest BCUT2D eigenvalue weighted by molar-refractivity contribution is 7.80. The molecule has 0 bridgehead atoms. The topological polar surface area (TPSA) is 24.9 Å². The van der Waals surface area contributed by atoms with Crippen molar-refractivity contribution in [2.75, 3.05) is 11.9 Å². The fraction of sp³-hybridized carbons (Fsp3) is 0.385. The van der Waals surface area contributed by atoms with Crippen molar-refractivity contribution in [2.24, 2.45) is 0 Å². The van der Waals surface area contributed by atoms with Crippen LogP contribution >= 0.6 is 12.2 Å². The predicted molar refractivity (Wildman–Crippen MR) is 74.5 cm³/mol. The van der Waals surface area contributed by atoms with Crippen LogP contribution in [0.4, 0.5) is 19.0 Å². The highest BCUT2D eigenvalue weighted by Crippen LogP contribution is 2.16. The van der Waals surface area contributed by atoms with Crippen LogP contribution in [-0.4, -0.2) is 22.6 Å². The maximum atomic E-state index is 11.9. The highest BCUT2D eigenvalue weighted by atomic mass is 32.1. The minimum Gasteiger partial charge on any atom is -0.370 e. The largest absolute Gasteiger partial charge is 0.409 e. The minimum atomic E-state index is -4.30. The van der Waals surface area contributed by atoms with Crippen molar-refractivity contribution in [1.29, 1.82) is 0 Å². The van der Waals surface area contributed by atoms with Crippen LogP contribution in [0.25, 0.3) is 0 Å². The second kappa shape index (κ2) is 7.23. The van der Waals surface area contributed by atoms with Crippen molar-refractivity contribution in [3.63, 3.8) is 0 Å². The zero-order valence-electron chi connectivity index (χ0n) is 10.5. The second-order valence-electron chi connectivity index (χ2n) is 4.09. The molecule has 6 heteroatoms. The number of hydrogen-bond acceptors (Lipinski definition) is 3. The standard InChI is InChI=1S/C13H15F3N2S/c1-10-5-8-18-12(9-10)17-7-2-3-11(19)4-6-13(14,15)16/h4-6,8-9H,2-3,7H2,1H3,(H,17,18)/b6-4+. The third-order valence-corrected chi connectivity index (χ3v) is 2.62. The third kappa shape index (κ3) is 7.56. The summed E-state index contributed by atoms with van der Waals surface area (Å²) < 4.78 is 35.7. The maximum absolute atomic E-state index is 11.9. The average molecular weight is 288 g/mol. The van der Waals surface area contributed by atoms with Crippen molar-refractivity contribution < 1.29 is 13.2 Å². The number of thiocarbonyl (C=S) groups is 1. The van der Waals surface area contributed by atoms with Gasteiger partial charge in [-0.1, -0.05) is 12.2 Å². The van der Waals surface area contributed by atoms with Crippen molar-refractivity contribution >= 4 is 22.9 Å². The molecule has 19 heavy (non-hydrogen) atoms. The van der Waals surface area contributed by atoms with E-state index in [4.69, 9.17) is 12.2 Å². The summed E-state index contributed by atoms with van der Waals surface area (Å²) in [4.78, 5) is 4.42. The van der Waals surface area contributed by atoms with Gasteiger partial charge in [-0.25, -0.2) is 4.98 Å². The fourth-order valence-electron chi connectivity index (χ4n) is 1.38.